The molecule has 3 nitrogen and oxygen atoms in total. The maximum absolute atomic E-state index is 13.2. The molecular formula is C13H9FN2O. The van der Waals surface area contributed by atoms with Gasteiger partial charge in [0.05, 0.1) is 5.57 Å². The van der Waals surface area contributed by atoms with Gasteiger partial charge in [-0.25, -0.2) is 4.39 Å². The van der Waals surface area contributed by atoms with Crippen LogP contribution in [0.2, 0.25) is 0 Å². The normalized spacial score (nSPS) is 16.1. The van der Waals surface area contributed by atoms with Gasteiger partial charge in [-0.1, -0.05) is 0 Å². The minimum absolute atomic E-state index is 0.208. The van der Waals surface area contributed by atoms with Gasteiger partial charge in [0.25, 0.3) is 5.91 Å². The van der Waals surface area contributed by atoms with Crippen molar-refractivity contribution in [3.8, 4) is 0 Å². The largest absolute Gasteiger partial charge is 0.362 e. The summed E-state index contributed by atoms with van der Waals surface area (Å²) in [6, 6.07) is 7.94. The highest BCUT2D eigenvalue weighted by Gasteiger charge is 2.24. The minimum Gasteiger partial charge on any atom is -0.362 e. The van der Waals surface area contributed by atoms with E-state index in [0.29, 0.717) is 16.8 Å². The van der Waals surface area contributed by atoms with Crippen molar-refractivity contribution < 1.29 is 9.18 Å². The maximum atomic E-state index is 13.2. The lowest BCUT2D eigenvalue weighted by Crippen LogP contribution is -2.03. The van der Waals surface area contributed by atoms with Gasteiger partial charge in [0, 0.05) is 23.1 Å². The Kier molecular flexibility index (Phi) is 2.08. The Balaban J connectivity index is 2.13. The molecule has 0 radical (unpaired) electrons. The predicted octanol–water partition coefficient (Wildman–Crippen LogP) is 2.65. The number of aromatic amines is 1. The lowest BCUT2D eigenvalue weighted by molar-refractivity contribution is -0.110. The van der Waals surface area contributed by atoms with Crippen LogP contribution in [0.4, 0.5) is 10.1 Å². The first-order valence-electron chi connectivity index (χ1n) is 5.20. The molecule has 1 aliphatic heterocycles. The van der Waals surface area contributed by atoms with Crippen molar-refractivity contribution in [3.05, 3.63) is 53.6 Å². The van der Waals surface area contributed by atoms with Gasteiger partial charge in [-0.2, -0.15) is 0 Å². The highest BCUT2D eigenvalue weighted by atomic mass is 19.1. The Morgan fingerprint density at radius 3 is 2.88 bits per heavy atom. The fourth-order valence-electron chi connectivity index (χ4n) is 1.89. The van der Waals surface area contributed by atoms with E-state index in [2.05, 4.69) is 10.3 Å². The fraction of sp³-hybridized carbons (Fsp3) is 0. The molecule has 1 amide bonds. The molecule has 0 saturated carbocycles. The molecule has 17 heavy (non-hydrogen) atoms. The summed E-state index contributed by atoms with van der Waals surface area (Å²) < 4.78 is 13.2. The zero-order valence-electron chi connectivity index (χ0n) is 8.83. The molecule has 0 atom stereocenters. The predicted molar refractivity (Wildman–Crippen MR) is 63.7 cm³/mol. The van der Waals surface area contributed by atoms with E-state index in [1.165, 1.54) is 12.1 Å². The quantitative estimate of drug-likeness (QED) is 0.724. The van der Waals surface area contributed by atoms with E-state index in [0.717, 1.165) is 5.69 Å². The van der Waals surface area contributed by atoms with Gasteiger partial charge >= 0.3 is 0 Å². The Morgan fingerprint density at radius 2 is 2.12 bits per heavy atom. The molecule has 1 aromatic heterocycles. The first-order valence-corrected chi connectivity index (χ1v) is 5.20. The minimum atomic E-state index is -0.349. The van der Waals surface area contributed by atoms with E-state index in [4.69, 9.17) is 0 Å². The van der Waals surface area contributed by atoms with Crippen molar-refractivity contribution >= 4 is 23.2 Å². The molecule has 0 spiro atoms. The standard InChI is InChI=1S/C13H9FN2O/c14-8-3-4-12-10(6-8)11(13(17)16-12)7-9-2-1-5-15-9/h1-7,15H,(H,16,17). The van der Waals surface area contributed by atoms with E-state index in [9.17, 15) is 9.18 Å². The van der Waals surface area contributed by atoms with E-state index in [1.54, 1.807) is 18.3 Å². The summed E-state index contributed by atoms with van der Waals surface area (Å²) in [6.45, 7) is 0. The zero-order valence-corrected chi connectivity index (χ0v) is 8.83. The topological polar surface area (TPSA) is 44.9 Å². The number of hydrogen-bond acceptors (Lipinski definition) is 1. The van der Waals surface area contributed by atoms with Crippen LogP contribution in [0.3, 0.4) is 0 Å². The number of hydrogen-bond donors (Lipinski definition) is 2. The highest BCUT2D eigenvalue weighted by Crippen LogP contribution is 2.33. The first-order chi connectivity index (χ1) is 8.24. The zero-order chi connectivity index (χ0) is 11.8. The average Bonchev–Trinajstić information content (AvgIpc) is 2.90. The van der Waals surface area contributed by atoms with Crippen molar-refractivity contribution in [1.82, 2.24) is 4.98 Å². The number of carbonyl (C=O) groups is 1. The molecule has 0 saturated heterocycles. The molecule has 0 unspecified atom stereocenters. The van der Waals surface area contributed by atoms with Gasteiger partial charge in [0.2, 0.25) is 0 Å². The third-order valence-corrected chi connectivity index (χ3v) is 2.69. The summed E-state index contributed by atoms with van der Waals surface area (Å²) in [5.41, 5.74) is 2.54. The molecule has 4 heteroatoms. The van der Waals surface area contributed by atoms with E-state index >= 15 is 0 Å². The number of H-pyrrole nitrogens is 1. The number of rotatable bonds is 1. The summed E-state index contributed by atoms with van der Waals surface area (Å²) in [5, 5.41) is 2.70. The van der Waals surface area contributed by atoms with Crippen LogP contribution in [-0.2, 0) is 4.79 Å². The van der Waals surface area contributed by atoms with Crippen LogP contribution in [0.15, 0.2) is 36.5 Å². The van der Waals surface area contributed by atoms with Crippen molar-refractivity contribution in [2.75, 3.05) is 5.32 Å². The fourth-order valence-corrected chi connectivity index (χ4v) is 1.89. The third kappa shape index (κ3) is 1.63. The van der Waals surface area contributed by atoms with Crippen LogP contribution in [0.1, 0.15) is 11.3 Å². The number of nitrogens with one attached hydrogen (secondary N) is 2. The van der Waals surface area contributed by atoms with Gasteiger partial charge < -0.3 is 10.3 Å². The molecule has 1 aromatic carbocycles. The Labute approximate surface area is 97.0 Å². The third-order valence-electron chi connectivity index (χ3n) is 2.69. The highest BCUT2D eigenvalue weighted by molar-refractivity contribution is 6.34. The van der Waals surface area contributed by atoms with Crippen molar-refractivity contribution in [2.24, 2.45) is 0 Å². The molecule has 84 valence electrons. The Bertz CT molecular complexity index is 614. The van der Waals surface area contributed by atoms with E-state index in [-0.39, 0.29) is 11.7 Å². The van der Waals surface area contributed by atoms with Crippen LogP contribution < -0.4 is 5.32 Å². The van der Waals surface area contributed by atoms with Crippen molar-refractivity contribution in [2.45, 2.75) is 0 Å². The molecule has 3 rings (SSSR count). The average molecular weight is 228 g/mol. The molecule has 1 aliphatic rings. The molecule has 2 N–H and O–H groups in total. The number of amides is 1. The smallest absolute Gasteiger partial charge is 0.256 e. The number of benzene rings is 1. The SMILES string of the molecule is O=C1Nc2ccc(F)cc2C1=Cc1ccc[nH]1. The summed E-state index contributed by atoms with van der Waals surface area (Å²) in [7, 11) is 0. The van der Waals surface area contributed by atoms with Crippen LogP contribution in [-0.4, -0.2) is 10.9 Å². The van der Waals surface area contributed by atoms with Gasteiger partial charge in [-0.3, -0.25) is 4.79 Å². The molecule has 0 fully saturated rings. The second-order valence-corrected chi connectivity index (χ2v) is 3.83. The van der Waals surface area contributed by atoms with Crippen LogP contribution in [0, 0.1) is 5.82 Å². The summed E-state index contributed by atoms with van der Waals surface area (Å²) in [5.74, 6) is -0.558. The van der Waals surface area contributed by atoms with Crippen molar-refractivity contribution in [1.29, 1.82) is 0 Å². The lowest BCUT2D eigenvalue weighted by Gasteiger charge is -1.97. The first kappa shape index (κ1) is 9.84. The maximum Gasteiger partial charge on any atom is 0.256 e. The lowest BCUT2D eigenvalue weighted by atomic mass is 10.1. The summed E-state index contributed by atoms with van der Waals surface area (Å²) in [6.07, 6.45) is 3.48. The Morgan fingerprint density at radius 1 is 1.24 bits per heavy atom. The summed E-state index contributed by atoms with van der Waals surface area (Å²) in [4.78, 5) is 14.7. The Hall–Kier alpha value is -2.36. The van der Waals surface area contributed by atoms with Gasteiger partial charge in [-0.15, -0.1) is 0 Å². The van der Waals surface area contributed by atoms with Gasteiger partial charge in [-0.05, 0) is 36.4 Å². The van der Waals surface area contributed by atoms with Gasteiger partial charge in [0.1, 0.15) is 5.82 Å². The number of aromatic nitrogens is 1. The van der Waals surface area contributed by atoms with E-state index in [1.807, 2.05) is 12.1 Å². The number of anilines is 1. The molecular weight excluding hydrogens is 219 g/mol. The number of halogens is 1. The molecule has 0 bridgehead atoms. The second-order valence-electron chi connectivity index (χ2n) is 3.83. The summed E-state index contributed by atoms with van der Waals surface area (Å²) >= 11 is 0. The van der Waals surface area contributed by atoms with Crippen LogP contribution in [0.5, 0.6) is 0 Å². The monoisotopic (exact) mass is 228 g/mol. The second kappa shape index (κ2) is 3.59. The molecule has 2 heterocycles. The van der Waals surface area contributed by atoms with E-state index < -0.39 is 0 Å². The van der Waals surface area contributed by atoms with Crippen LogP contribution >= 0.6 is 0 Å². The van der Waals surface area contributed by atoms with Crippen LogP contribution in [0.25, 0.3) is 11.6 Å². The number of fused-ring (bicyclic) bond motifs is 1. The number of carbonyl (C=O) groups excluding carboxylic acids is 1. The van der Waals surface area contributed by atoms with Crippen molar-refractivity contribution in [3.63, 3.8) is 0 Å². The molecule has 0 aliphatic carbocycles. The van der Waals surface area contributed by atoms with Gasteiger partial charge in [0.15, 0.2) is 0 Å². The molecule has 2 aromatic rings.